The second-order valence-electron chi connectivity index (χ2n) is 4.78. The molecule has 1 aromatic rings. The van der Waals surface area contributed by atoms with Crippen LogP contribution < -0.4 is 20.7 Å². The standard InChI is InChI=1S/C13H14F3N3O3/c14-13(15,16)22-9-3-4-10-8(6-9)2-1-5-19(10)7-11(20)18-12(17)21/h3-4,6H,1-2,5,7H2,(H3,17,18,20,21). The Morgan fingerprint density at radius 3 is 2.73 bits per heavy atom. The molecule has 0 bridgehead atoms. The highest BCUT2D eigenvalue weighted by Gasteiger charge is 2.31. The Kier molecular flexibility index (Phi) is 4.43. The summed E-state index contributed by atoms with van der Waals surface area (Å²) in [6.07, 6.45) is -3.49. The molecule has 22 heavy (non-hydrogen) atoms. The predicted molar refractivity (Wildman–Crippen MR) is 71.4 cm³/mol. The lowest BCUT2D eigenvalue weighted by molar-refractivity contribution is -0.274. The van der Waals surface area contributed by atoms with E-state index in [1.807, 2.05) is 5.32 Å². The quantitative estimate of drug-likeness (QED) is 0.885. The zero-order chi connectivity index (χ0) is 16.3. The van der Waals surface area contributed by atoms with Crippen molar-refractivity contribution < 1.29 is 27.5 Å². The van der Waals surface area contributed by atoms with E-state index in [1.54, 1.807) is 4.90 Å². The Morgan fingerprint density at radius 1 is 1.36 bits per heavy atom. The predicted octanol–water partition coefficient (Wildman–Crippen LogP) is 1.53. The zero-order valence-corrected chi connectivity index (χ0v) is 11.4. The second-order valence-corrected chi connectivity index (χ2v) is 4.78. The van der Waals surface area contributed by atoms with Crippen LogP contribution in [0.25, 0.3) is 0 Å². The summed E-state index contributed by atoms with van der Waals surface area (Å²) in [5.74, 6) is -0.870. The van der Waals surface area contributed by atoms with E-state index in [0.29, 0.717) is 30.6 Å². The van der Waals surface area contributed by atoms with Gasteiger partial charge < -0.3 is 15.4 Å². The Balaban J connectivity index is 2.14. The summed E-state index contributed by atoms with van der Waals surface area (Å²) in [6, 6.07) is 3.02. The minimum Gasteiger partial charge on any atom is -0.406 e. The monoisotopic (exact) mass is 317 g/mol. The highest BCUT2D eigenvalue weighted by molar-refractivity contribution is 5.95. The summed E-state index contributed by atoms with van der Waals surface area (Å²) < 4.78 is 40.5. The van der Waals surface area contributed by atoms with Gasteiger partial charge in [0.15, 0.2) is 0 Å². The van der Waals surface area contributed by atoms with E-state index >= 15 is 0 Å². The maximum atomic E-state index is 12.2. The molecule has 0 saturated heterocycles. The Morgan fingerprint density at radius 2 is 2.09 bits per heavy atom. The van der Waals surface area contributed by atoms with Gasteiger partial charge in [-0.15, -0.1) is 13.2 Å². The van der Waals surface area contributed by atoms with Gasteiger partial charge in [0.2, 0.25) is 5.91 Å². The van der Waals surface area contributed by atoms with Crippen molar-refractivity contribution >= 4 is 17.6 Å². The third-order valence-electron chi connectivity index (χ3n) is 3.10. The zero-order valence-electron chi connectivity index (χ0n) is 11.4. The van der Waals surface area contributed by atoms with E-state index in [2.05, 4.69) is 4.74 Å². The number of carbonyl (C=O) groups is 2. The van der Waals surface area contributed by atoms with E-state index in [1.165, 1.54) is 18.2 Å². The normalized spacial score (nSPS) is 14.2. The van der Waals surface area contributed by atoms with Gasteiger partial charge in [-0.1, -0.05) is 0 Å². The summed E-state index contributed by atoms with van der Waals surface area (Å²) >= 11 is 0. The molecule has 0 saturated carbocycles. The SMILES string of the molecule is NC(=O)NC(=O)CN1CCCc2cc(OC(F)(F)F)ccc21. The number of hydrogen-bond acceptors (Lipinski definition) is 4. The summed E-state index contributed by atoms with van der Waals surface area (Å²) in [5, 5.41) is 1.95. The molecule has 1 aliphatic rings. The number of hydrogen-bond donors (Lipinski definition) is 2. The maximum Gasteiger partial charge on any atom is 0.573 e. The lowest BCUT2D eigenvalue weighted by Crippen LogP contribution is -2.43. The van der Waals surface area contributed by atoms with Crippen molar-refractivity contribution in [3.8, 4) is 5.75 Å². The van der Waals surface area contributed by atoms with Gasteiger partial charge in [-0.25, -0.2) is 4.79 Å². The number of ether oxygens (including phenoxy) is 1. The molecule has 6 nitrogen and oxygen atoms in total. The van der Waals surface area contributed by atoms with E-state index in [0.717, 1.165) is 0 Å². The van der Waals surface area contributed by atoms with Gasteiger partial charge in [0.1, 0.15) is 5.75 Å². The third-order valence-corrected chi connectivity index (χ3v) is 3.10. The van der Waals surface area contributed by atoms with Gasteiger partial charge >= 0.3 is 12.4 Å². The van der Waals surface area contributed by atoms with Crippen LogP contribution in [0.4, 0.5) is 23.7 Å². The molecule has 0 aromatic heterocycles. The third kappa shape index (κ3) is 4.27. The summed E-state index contributed by atoms with van der Waals surface area (Å²) in [7, 11) is 0. The van der Waals surface area contributed by atoms with Gasteiger partial charge in [-0.3, -0.25) is 10.1 Å². The number of nitrogens with one attached hydrogen (secondary N) is 1. The first kappa shape index (κ1) is 15.9. The van der Waals surface area contributed by atoms with Crippen LogP contribution in [0.5, 0.6) is 5.75 Å². The fourth-order valence-corrected chi connectivity index (χ4v) is 2.36. The largest absolute Gasteiger partial charge is 0.573 e. The van der Waals surface area contributed by atoms with Crippen molar-refractivity contribution in [1.82, 2.24) is 5.32 Å². The number of halogens is 3. The van der Waals surface area contributed by atoms with Crippen LogP contribution >= 0.6 is 0 Å². The van der Waals surface area contributed by atoms with Crippen LogP contribution in [0.1, 0.15) is 12.0 Å². The van der Waals surface area contributed by atoms with E-state index in [4.69, 9.17) is 5.73 Å². The van der Waals surface area contributed by atoms with Crippen molar-refractivity contribution in [2.45, 2.75) is 19.2 Å². The van der Waals surface area contributed by atoms with Crippen LogP contribution in [-0.2, 0) is 11.2 Å². The number of aryl methyl sites for hydroxylation is 1. The van der Waals surface area contributed by atoms with E-state index in [-0.39, 0.29) is 12.3 Å². The molecule has 120 valence electrons. The molecule has 0 radical (unpaired) electrons. The Bertz CT molecular complexity index is 590. The van der Waals surface area contributed by atoms with Crippen molar-refractivity contribution in [2.24, 2.45) is 5.73 Å². The van der Waals surface area contributed by atoms with Crippen molar-refractivity contribution in [1.29, 1.82) is 0 Å². The van der Waals surface area contributed by atoms with Crippen LogP contribution in [0.3, 0.4) is 0 Å². The number of nitrogens with two attached hydrogens (primary N) is 1. The van der Waals surface area contributed by atoms with Crippen molar-refractivity contribution in [2.75, 3.05) is 18.0 Å². The minimum atomic E-state index is -4.75. The Labute approximate surface area is 124 Å². The number of alkyl halides is 3. The number of anilines is 1. The summed E-state index contributed by atoms with van der Waals surface area (Å²) in [6.45, 7) is 0.452. The minimum absolute atomic E-state index is 0.102. The first-order chi connectivity index (χ1) is 10.2. The molecule has 0 atom stereocenters. The number of imide groups is 1. The molecule has 1 heterocycles. The maximum absolute atomic E-state index is 12.2. The second kappa shape index (κ2) is 6.12. The van der Waals surface area contributed by atoms with Crippen LogP contribution in [0.15, 0.2) is 18.2 Å². The summed E-state index contributed by atoms with van der Waals surface area (Å²) in [5.41, 5.74) is 6.15. The first-order valence-corrected chi connectivity index (χ1v) is 6.47. The van der Waals surface area contributed by atoms with Gasteiger partial charge in [0.25, 0.3) is 0 Å². The highest BCUT2D eigenvalue weighted by atomic mass is 19.4. The number of benzene rings is 1. The van der Waals surface area contributed by atoms with Gasteiger partial charge in [0.05, 0.1) is 6.54 Å². The number of urea groups is 1. The van der Waals surface area contributed by atoms with Gasteiger partial charge in [-0.2, -0.15) is 0 Å². The van der Waals surface area contributed by atoms with Crippen LogP contribution in [-0.4, -0.2) is 31.4 Å². The molecule has 0 spiro atoms. The number of primary amides is 1. The molecule has 1 aromatic carbocycles. The molecule has 3 amide bonds. The number of nitrogens with zero attached hydrogens (tertiary/aromatic N) is 1. The van der Waals surface area contributed by atoms with Crippen LogP contribution in [0, 0.1) is 0 Å². The van der Waals surface area contributed by atoms with E-state index < -0.39 is 18.3 Å². The van der Waals surface area contributed by atoms with Gasteiger partial charge in [-0.05, 0) is 36.6 Å². The molecule has 9 heteroatoms. The van der Waals surface area contributed by atoms with Crippen LogP contribution in [0.2, 0.25) is 0 Å². The highest BCUT2D eigenvalue weighted by Crippen LogP contribution is 2.32. The van der Waals surface area contributed by atoms with Crippen molar-refractivity contribution in [3.63, 3.8) is 0 Å². The molecule has 1 aliphatic heterocycles. The van der Waals surface area contributed by atoms with Crippen molar-refractivity contribution in [3.05, 3.63) is 23.8 Å². The lowest BCUT2D eigenvalue weighted by Gasteiger charge is -2.30. The topological polar surface area (TPSA) is 84.7 Å². The smallest absolute Gasteiger partial charge is 0.406 e. The number of rotatable bonds is 3. The average Bonchev–Trinajstić information content (AvgIpc) is 2.35. The number of carbonyl (C=O) groups excluding carboxylic acids is 2. The first-order valence-electron chi connectivity index (χ1n) is 6.47. The molecule has 2 rings (SSSR count). The number of amides is 3. The molecular weight excluding hydrogens is 303 g/mol. The molecule has 3 N–H and O–H groups in total. The molecular formula is C13H14F3N3O3. The average molecular weight is 317 g/mol. The fourth-order valence-electron chi connectivity index (χ4n) is 2.36. The Hall–Kier alpha value is -2.45. The summed E-state index contributed by atoms with van der Waals surface area (Å²) in [4.78, 5) is 23.9. The molecule has 0 aliphatic carbocycles. The number of fused-ring (bicyclic) bond motifs is 1. The van der Waals surface area contributed by atoms with Gasteiger partial charge in [0, 0.05) is 12.2 Å². The fraction of sp³-hybridized carbons (Fsp3) is 0.385. The molecule has 0 fully saturated rings. The lowest BCUT2D eigenvalue weighted by atomic mass is 10.0. The molecule has 0 unspecified atom stereocenters. The van der Waals surface area contributed by atoms with E-state index in [9.17, 15) is 22.8 Å².